The number of hydrogen-bond donors (Lipinski definition) is 2. The van der Waals surface area contributed by atoms with Gasteiger partial charge in [-0.1, -0.05) is 55.0 Å². The van der Waals surface area contributed by atoms with Crippen LogP contribution in [0.3, 0.4) is 0 Å². The Kier molecular flexibility index (Phi) is 9.01. The maximum atomic E-state index is 14.6. The van der Waals surface area contributed by atoms with Crippen molar-refractivity contribution in [3.05, 3.63) is 94.3 Å². The lowest BCUT2D eigenvalue weighted by Gasteiger charge is -2.33. The van der Waals surface area contributed by atoms with E-state index in [4.69, 9.17) is 4.42 Å². The maximum Gasteiger partial charge on any atom is 0.405 e. The second kappa shape index (κ2) is 12.9. The largest absolute Gasteiger partial charge is 0.457 e. The average molecular weight is 676 g/mol. The van der Waals surface area contributed by atoms with Gasteiger partial charge in [0.1, 0.15) is 17.7 Å². The minimum absolute atomic E-state index is 0.180. The number of benzene rings is 3. The predicted molar refractivity (Wildman–Crippen MR) is 163 cm³/mol. The zero-order valence-electron chi connectivity index (χ0n) is 25.9. The van der Waals surface area contributed by atoms with Gasteiger partial charge in [-0.05, 0) is 61.4 Å². The molecule has 2 heterocycles. The molecule has 1 fully saturated rings. The van der Waals surface area contributed by atoms with Crippen LogP contribution < -0.4 is 10.6 Å². The Bertz CT molecular complexity index is 1830. The first kappa shape index (κ1) is 33.5. The van der Waals surface area contributed by atoms with Crippen molar-refractivity contribution in [2.75, 3.05) is 26.2 Å². The van der Waals surface area contributed by atoms with Gasteiger partial charge >= 0.3 is 6.18 Å². The summed E-state index contributed by atoms with van der Waals surface area (Å²) in [6.07, 6.45) is -2.02. The lowest BCUT2D eigenvalue weighted by molar-refractivity contribution is -0.141. The van der Waals surface area contributed by atoms with E-state index in [-0.39, 0.29) is 11.8 Å². The molecule has 0 bridgehead atoms. The van der Waals surface area contributed by atoms with Crippen LogP contribution in [-0.4, -0.2) is 55.1 Å². The van der Waals surface area contributed by atoms with Gasteiger partial charge in [-0.3, -0.25) is 9.59 Å². The molecule has 0 spiro atoms. The number of unbranched alkanes of at least 4 members (excludes halogenated alkanes) is 1. The maximum absolute atomic E-state index is 14.6. The van der Waals surface area contributed by atoms with E-state index < -0.39 is 69.8 Å². The van der Waals surface area contributed by atoms with Gasteiger partial charge in [0.25, 0.3) is 5.91 Å². The van der Waals surface area contributed by atoms with Crippen LogP contribution in [0, 0.1) is 30.2 Å². The summed E-state index contributed by atoms with van der Waals surface area (Å²) < 4.78 is 101. The molecule has 2 N–H and O–H groups in total. The van der Waals surface area contributed by atoms with Crippen molar-refractivity contribution in [2.45, 2.75) is 56.7 Å². The van der Waals surface area contributed by atoms with Crippen LogP contribution in [0.15, 0.2) is 52.9 Å². The summed E-state index contributed by atoms with van der Waals surface area (Å²) in [5, 5.41) is 4.15. The minimum atomic E-state index is -4.56. The fraction of sp³-hybridized carbons (Fsp3) is 0.371. The van der Waals surface area contributed by atoms with Crippen molar-refractivity contribution in [1.29, 1.82) is 0 Å². The normalized spacial score (nSPS) is 16.2. The standard InChI is InChI=1S/C35H32F7N3O3/c1-19-25(26-27(36)28(37)29(38)30(39)31(26)48-19)32(46)44-20-12-16-45(17-13-20)15-7-6-14-34(33(47)43-18-35(40,41)42)23-10-4-2-8-21(23)22-9-3-5-11-24(22)34/h2-5,8-11,20H,6-7,12-18H2,1H3,(H,43,47)(H,44,46). The minimum Gasteiger partial charge on any atom is -0.457 e. The number of carbonyl (C=O) groups is 2. The van der Waals surface area contributed by atoms with Crippen molar-refractivity contribution < 1.29 is 44.7 Å². The first-order valence-electron chi connectivity index (χ1n) is 15.7. The summed E-state index contributed by atoms with van der Waals surface area (Å²) in [7, 11) is 0. The van der Waals surface area contributed by atoms with Crippen LogP contribution >= 0.6 is 0 Å². The van der Waals surface area contributed by atoms with Gasteiger partial charge in [0, 0.05) is 19.1 Å². The van der Waals surface area contributed by atoms with E-state index in [1.807, 2.05) is 24.3 Å². The number of piperidine rings is 1. The van der Waals surface area contributed by atoms with E-state index in [0.29, 0.717) is 62.9 Å². The molecule has 0 atom stereocenters. The number of amides is 2. The van der Waals surface area contributed by atoms with Crippen molar-refractivity contribution in [3.8, 4) is 11.1 Å². The summed E-state index contributed by atoms with van der Waals surface area (Å²) in [4.78, 5) is 28.9. The number of aryl methyl sites for hydroxylation is 1. The molecule has 0 radical (unpaired) electrons. The number of nitrogens with one attached hydrogen (secondary N) is 2. The molecular weight excluding hydrogens is 643 g/mol. The Morgan fingerprint density at radius 1 is 0.875 bits per heavy atom. The van der Waals surface area contributed by atoms with Crippen LogP contribution in [-0.2, 0) is 10.2 Å². The molecule has 13 heteroatoms. The lowest BCUT2D eigenvalue weighted by atomic mass is 9.73. The molecule has 1 saturated heterocycles. The number of hydrogen-bond acceptors (Lipinski definition) is 4. The van der Waals surface area contributed by atoms with Gasteiger partial charge in [0.15, 0.2) is 17.2 Å². The van der Waals surface area contributed by atoms with E-state index in [1.165, 1.54) is 6.92 Å². The fourth-order valence-corrected chi connectivity index (χ4v) is 7.15. The average Bonchev–Trinajstić information content (AvgIpc) is 3.57. The number of halogens is 7. The van der Waals surface area contributed by atoms with Crippen molar-refractivity contribution in [2.24, 2.45) is 0 Å². The van der Waals surface area contributed by atoms with Crippen LogP contribution in [0.25, 0.3) is 22.1 Å². The first-order chi connectivity index (χ1) is 22.8. The van der Waals surface area contributed by atoms with Gasteiger partial charge in [-0.2, -0.15) is 17.6 Å². The molecule has 0 unspecified atom stereocenters. The topological polar surface area (TPSA) is 74.6 Å². The summed E-state index contributed by atoms with van der Waals surface area (Å²) in [5.41, 5.74) is 0.463. The molecular formula is C35H32F7N3O3. The van der Waals surface area contributed by atoms with E-state index in [1.54, 1.807) is 24.3 Å². The zero-order chi connectivity index (χ0) is 34.4. The van der Waals surface area contributed by atoms with Crippen LogP contribution in [0.4, 0.5) is 30.7 Å². The Balaban J connectivity index is 1.08. The van der Waals surface area contributed by atoms with E-state index in [9.17, 15) is 40.3 Å². The second-order valence-corrected chi connectivity index (χ2v) is 12.3. The Morgan fingerprint density at radius 3 is 2.06 bits per heavy atom. The highest BCUT2D eigenvalue weighted by atomic mass is 19.4. The molecule has 3 aromatic carbocycles. The molecule has 1 aromatic heterocycles. The van der Waals surface area contributed by atoms with Gasteiger partial charge < -0.3 is 20.0 Å². The molecule has 0 saturated carbocycles. The summed E-state index contributed by atoms with van der Waals surface area (Å²) >= 11 is 0. The predicted octanol–water partition coefficient (Wildman–Crippen LogP) is 7.31. The molecule has 4 aromatic rings. The van der Waals surface area contributed by atoms with Crippen LogP contribution in [0.5, 0.6) is 0 Å². The number of nitrogens with zero attached hydrogens (tertiary/aromatic N) is 1. The van der Waals surface area contributed by atoms with Gasteiger partial charge in [0.05, 0.1) is 10.9 Å². The van der Waals surface area contributed by atoms with Gasteiger partial charge in [-0.15, -0.1) is 0 Å². The smallest absolute Gasteiger partial charge is 0.405 e. The lowest BCUT2D eigenvalue weighted by Crippen LogP contribution is -2.47. The monoisotopic (exact) mass is 675 g/mol. The number of furan rings is 1. The van der Waals surface area contributed by atoms with Crippen LogP contribution in [0.1, 0.15) is 59.3 Å². The third-order valence-electron chi connectivity index (χ3n) is 9.41. The highest BCUT2D eigenvalue weighted by Gasteiger charge is 2.49. The molecule has 48 heavy (non-hydrogen) atoms. The van der Waals surface area contributed by atoms with E-state index in [0.717, 1.165) is 11.1 Å². The van der Waals surface area contributed by atoms with Crippen LogP contribution in [0.2, 0.25) is 0 Å². The van der Waals surface area contributed by atoms with E-state index in [2.05, 4.69) is 15.5 Å². The highest BCUT2D eigenvalue weighted by Crippen LogP contribution is 2.51. The SMILES string of the molecule is Cc1oc2c(F)c(F)c(F)c(F)c2c1C(=O)NC1CCN(CCCCC2(C(=O)NCC(F)(F)F)c3ccccc3-c3ccccc32)CC1. The van der Waals surface area contributed by atoms with E-state index >= 15 is 0 Å². The number of carbonyl (C=O) groups excluding carboxylic acids is 2. The molecule has 6 rings (SSSR count). The molecule has 1 aliphatic heterocycles. The Labute approximate surface area is 271 Å². The molecule has 2 aliphatic rings. The Morgan fingerprint density at radius 2 is 1.46 bits per heavy atom. The number of rotatable bonds is 9. The molecule has 254 valence electrons. The quantitative estimate of drug-likeness (QED) is 0.0845. The second-order valence-electron chi connectivity index (χ2n) is 12.3. The summed E-state index contributed by atoms with van der Waals surface area (Å²) in [6, 6.07) is 14.3. The number of likely N-dealkylation sites (tertiary alicyclic amines) is 1. The van der Waals surface area contributed by atoms with Gasteiger partial charge in [-0.25, -0.2) is 13.2 Å². The zero-order valence-corrected chi connectivity index (χ0v) is 25.9. The fourth-order valence-electron chi connectivity index (χ4n) is 7.15. The molecule has 6 nitrogen and oxygen atoms in total. The van der Waals surface area contributed by atoms with Gasteiger partial charge in [0.2, 0.25) is 17.5 Å². The molecule has 2 amide bonds. The molecule has 1 aliphatic carbocycles. The van der Waals surface area contributed by atoms with Crippen molar-refractivity contribution in [1.82, 2.24) is 15.5 Å². The third-order valence-corrected chi connectivity index (χ3v) is 9.41. The summed E-state index contributed by atoms with van der Waals surface area (Å²) in [5.74, 6) is -9.13. The number of fused-ring (bicyclic) bond motifs is 4. The number of alkyl halides is 3. The summed E-state index contributed by atoms with van der Waals surface area (Å²) in [6.45, 7) is 1.66. The third kappa shape index (κ3) is 5.93. The highest BCUT2D eigenvalue weighted by molar-refractivity contribution is 6.07. The first-order valence-corrected chi connectivity index (χ1v) is 15.7. The van der Waals surface area contributed by atoms with Crippen molar-refractivity contribution in [3.63, 3.8) is 0 Å². The Hall–Kier alpha value is -4.39. The van der Waals surface area contributed by atoms with Crippen molar-refractivity contribution >= 4 is 22.8 Å².